The maximum atomic E-state index is 2.28. The Hall–Kier alpha value is -3.12. The van der Waals surface area contributed by atoms with Gasteiger partial charge in [0.15, 0.2) is 0 Å². The van der Waals surface area contributed by atoms with E-state index in [1.807, 2.05) is 0 Å². The third-order valence-corrected chi connectivity index (χ3v) is 4.64. The quantitative estimate of drug-likeness (QED) is 0.351. The van der Waals surface area contributed by atoms with Gasteiger partial charge in [-0.15, -0.1) is 0 Å². The van der Waals surface area contributed by atoms with Crippen molar-refractivity contribution >= 4 is 21.5 Å². The molecule has 25 heavy (non-hydrogen) atoms. The molecular weight excluding hydrogens is 300 g/mol. The van der Waals surface area contributed by atoms with E-state index in [1.165, 1.54) is 38.2 Å². The van der Waals surface area contributed by atoms with E-state index in [9.17, 15) is 0 Å². The number of aryl methyl sites for hydroxylation is 1. The van der Waals surface area contributed by atoms with Crippen LogP contribution in [0, 0.1) is 6.92 Å². The number of hydrogen-bond acceptors (Lipinski definition) is 0. The van der Waals surface area contributed by atoms with Crippen LogP contribution in [0.3, 0.4) is 0 Å². The summed E-state index contributed by atoms with van der Waals surface area (Å²) in [5.41, 5.74) is 3.80. The standard InChI is InChI=1S/C25H20/c1-19-10-5-3-2-4-6-13-25-23(19)14-9-15-24(25)22-17-16-20-11-7-8-12-21(20)18-22/h2-18H,1H3. The van der Waals surface area contributed by atoms with Crippen LogP contribution in [0.2, 0.25) is 0 Å². The van der Waals surface area contributed by atoms with Crippen molar-refractivity contribution in [3.8, 4) is 11.1 Å². The molecule has 0 aliphatic heterocycles. The molecule has 0 aromatic heterocycles. The third-order valence-electron chi connectivity index (χ3n) is 4.64. The van der Waals surface area contributed by atoms with Crippen molar-refractivity contribution in [1.82, 2.24) is 0 Å². The van der Waals surface area contributed by atoms with Gasteiger partial charge in [0.1, 0.15) is 0 Å². The molecule has 0 spiro atoms. The van der Waals surface area contributed by atoms with Gasteiger partial charge in [0, 0.05) is 0 Å². The minimum absolute atomic E-state index is 1.25. The fourth-order valence-electron chi connectivity index (χ4n) is 3.33. The number of benzene rings is 3. The lowest BCUT2D eigenvalue weighted by Gasteiger charge is -2.08. The Morgan fingerprint density at radius 2 is 1.16 bits per heavy atom. The van der Waals surface area contributed by atoms with Gasteiger partial charge in [0.25, 0.3) is 0 Å². The molecule has 0 heteroatoms. The Bertz CT molecular complexity index is 1100. The topological polar surface area (TPSA) is 0 Å². The van der Waals surface area contributed by atoms with E-state index in [0.29, 0.717) is 0 Å². The maximum Gasteiger partial charge on any atom is -0.0103 e. The van der Waals surface area contributed by atoms with Gasteiger partial charge < -0.3 is 0 Å². The fourth-order valence-corrected chi connectivity index (χ4v) is 3.33. The highest BCUT2D eigenvalue weighted by Gasteiger charge is 2.04. The second kappa shape index (κ2) is 6.78. The van der Waals surface area contributed by atoms with Crippen molar-refractivity contribution in [1.29, 1.82) is 0 Å². The SMILES string of the molecule is Cc1cccccccc2c(-c3ccc4ccccc4c3)cccc12. The van der Waals surface area contributed by atoms with Gasteiger partial charge in [0.2, 0.25) is 0 Å². The molecule has 0 aliphatic carbocycles. The van der Waals surface area contributed by atoms with Crippen LogP contribution >= 0.6 is 0 Å². The molecular formula is C25H20. The van der Waals surface area contributed by atoms with E-state index in [-0.39, 0.29) is 0 Å². The highest BCUT2D eigenvalue weighted by atomic mass is 14.1. The van der Waals surface area contributed by atoms with Gasteiger partial charge in [-0.05, 0) is 51.2 Å². The highest BCUT2D eigenvalue weighted by Crippen LogP contribution is 2.31. The molecule has 0 aliphatic rings. The molecule has 0 bridgehead atoms. The predicted molar refractivity (Wildman–Crippen MR) is 109 cm³/mol. The molecule has 0 atom stereocenters. The summed E-state index contributed by atoms with van der Waals surface area (Å²) in [7, 11) is 0. The molecule has 0 fully saturated rings. The first-order valence-corrected chi connectivity index (χ1v) is 8.64. The fraction of sp³-hybridized carbons (Fsp3) is 0.0400. The van der Waals surface area contributed by atoms with Crippen molar-refractivity contribution in [2.75, 3.05) is 0 Å². The average Bonchev–Trinajstić information content (AvgIpc) is 2.66. The largest absolute Gasteiger partial charge is 0.0623 e. The summed E-state index contributed by atoms with van der Waals surface area (Å²) >= 11 is 0. The third kappa shape index (κ3) is 3.12. The summed E-state index contributed by atoms with van der Waals surface area (Å²) in [5.74, 6) is 0. The molecule has 120 valence electrons. The smallest absolute Gasteiger partial charge is 0.0103 e. The van der Waals surface area contributed by atoms with Gasteiger partial charge in [0.05, 0.1) is 0 Å². The lowest BCUT2D eigenvalue weighted by Crippen LogP contribution is -1.83. The lowest BCUT2D eigenvalue weighted by atomic mass is 9.96. The van der Waals surface area contributed by atoms with Crippen LogP contribution < -0.4 is 0 Å². The van der Waals surface area contributed by atoms with Gasteiger partial charge >= 0.3 is 0 Å². The molecule has 0 saturated carbocycles. The van der Waals surface area contributed by atoms with Crippen molar-refractivity contribution in [2.45, 2.75) is 6.92 Å². The van der Waals surface area contributed by atoms with E-state index in [4.69, 9.17) is 0 Å². The minimum Gasteiger partial charge on any atom is -0.0623 e. The zero-order chi connectivity index (χ0) is 17.1. The van der Waals surface area contributed by atoms with Crippen LogP contribution in [0.4, 0.5) is 0 Å². The van der Waals surface area contributed by atoms with E-state index in [0.717, 1.165) is 0 Å². The molecule has 0 unspecified atom stereocenters. The number of rotatable bonds is 1. The van der Waals surface area contributed by atoms with Crippen molar-refractivity contribution in [3.05, 3.63) is 109 Å². The van der Waals surface area contributed by atoms with Crippen molar-refractivity contribution in [2.24, 2.45) is 0 Å². The first kappa shape index (κ1) is 15.4. The second-order valence-corrected chi connectivity index (χ2v) is 6.31. The van der Waals surface area contributed by atoms with Crippen molar-refractivity contribution < 1.29 is 0 Å². The highest BCUT2D eigenvalue weighted by molar-refractivity contribution is 5.99. The van der Waals surface area contributed by atoms with Gasteiger partial charge in [-0.2, -0.15) is 0 Å². The molecule has 0 heterocycles. The first-order chi connectivity index (χ1) is 12.3. The zero-order valence-electron chi connectivity index (χ0n) is 14.3. The summed E-state index contributed by atoms with van der Waals surface area (Å²) < 4.78 is 0. The monoisotopic (exact) mass is 320 g/mol. The Labute approximate surface area is 148 Å². The summed E-state index contributed by atoms with van der Waals surface area (Å²) in [4.78, 5) is 0. The van der Waals surface area contributed by atoms with E-state index in [2.05, 4.69) is 110 Å². The molecule has 4 aromatic rings. The first-order valence-electron chi connectivity index (χ1n) is 8.64. The van der Waals surface area contributed by atoms with Gasteiger partial charge in [-0.25, -0.2) is 0 Å². The Balaban J connectivity index is 2.05. The van der Waals surface area contributed by atoms with Crippen LogP contribution in [0.15, 0.2) is 103 Å². The van der Waals surface area contributed by atoms with E-state index < -0.39 is 0 Å². The van der Waals surface area contributed by atoms with E-state index >= 15 is 0 Å². The summed E-state index contributed by atoms with van der Waals surface area (Å²) in [5, 5.41) is 5.10. The van der Waals surface area contributed by atoms with Crippen LogP contribution in [-0.2, 0) is 0 Å². The summed E-state index contributed by atoms with van der Waals surface area (Å²) in [6.07, 6.45) is 0. The molecule has 4 rings (SSSR count). The molecule has 0 radical (unpaired) electrons. The molecule has 0 N–H and O–H groups in total. The average molecular weight is 320 g/mol. The number of hydrogen-bond donors (Lipinski definition) is 0. The van der Waals surface area contributed by atoms with Crippen LogP contribution in [0.1, 0.15) is 5.56 Å². The minimum atomic E-state index is 1.25. The second-order valence-electron chi connectivity index (χ2n) is 6.31. The van der Waals surface area contributed by atoms with Crippen LogP contribution in [-0.4, -0.2) is 0 Å². The van der Waals surface area contributed by atoms with Gasteiger partial charge in [-0.3, -0.25) is 0 Å². The van der Waals surface area contributed by atoms with Crippen LogP contribution in [0.5, 0.6) is 0 Å². The zero-order valence-corrected chi connectivity index (χ0v) is 14.3. The lowest BCUT2D eigenvalue weighted by molar-refractivity contribution is 1.54. The van der Waals surface area contributed by atoms with Crippen LogP contribution in [0.25, 0.3) is 32.7 Å². The predicted octanol–water partition coefficient (Wildman–Crippen LogP) is 7.09. The number of fused-ring (bicyclic) bond motifs is 2. The Kier molecular flexibility index (Phi) is 4.18. The summed E-state index contributed by atoms with van der Waals surface area (Å²) in [6, 6.07) is 36.6. The van der Waals surface area contributed by atoms with Gasteiger partial charge in [-0.1, -0.05) is 97.1 Å². The Morgan fingerprint density at radius 3 is 2.04 bits per heavy atom. The summed E-state index contributed by atoms with van der Waals surface area (Å²) in [6.45, 7) is 2.17. The molecule has 0 saturated heterocycles. The van der Waals surface area contributed by atoms with Crippen molar-refractivity contribution in [3.63, 3.8) is 0 Å². The van der Waals surface area contributed by atoms with E-state index in [1.54, 1.807) is 0 Å². The maximum absolute atomic E-state index is 2.28. The normalized spacial score (nSPS) is 10.6. The Morgan fingerprint density at radius 1 is 0.480 bits per heavy atom. The molecule has 4 aromatic carbocycles. The molecule has 0 nitrogen and oxygen atoms in total. The molecule has 0 amide bonds.